The van der Waals surface area contributed by atoms with E-state index in [0.717, 1.165) is 17.7 Å². The number of ether oxygens (including phenoxy) is 1. The van der Waals surface area contributed by atoms with Crippen molar-refractivity contribution in [3.8, 4) is 5.75 Å². The standard InChI is InChI=1S/C18H22N2O4/c1-11-10-12(5-7-15(11)24-2)17(22)14-4-3-9-20(14)18(23)13-6-8-16(21)19-13/h5,7,10,13-14H,3-4,6,8-9H2,1-2H3,(H,19,21). The topological polar surface area (TPSA) is 75.7 Å². The number of rotatable bonds is 4. The first-order valence-corrected chi connectivity index (χ1v) is 8.30. The minimum Gasteiger partial charge on any atom is -0.496 e. The second-order valence-corrected chi connectivity index (χ2v) is 6.40. The predicted octanol–water partition coefficient (Wildman–Crippen LogP) is 1.46. The highest BCUT2D eigenvalue weighted by molar-refractivity contribution is 6.03. The van der Waals surface area contributed by atoms with E-state index in [1.807, 2.05) is 6.92 Å². The maximum absolute atomic E-state index is 12.9. The fourth-order valence-electron chi connectivity index (χ4n) is 3.53. The molecule has 2 aliphatic heterocycles. The molecule has 24 heavy (non-hydrogen) atoms. The first-order valence-electron chi connectivity index (χ1n) is 8.30. The van der Waals surface area contributed by atoms with Gasteiger partial charge < -0.3 is 15.0 Å². The SMILES string of the molecule is COc1ccc(C(=O)C2CCCN2C(=O)C2CCC(=O)N2)cc1C. The molecular formula is C18H22N2O4. The molecule has 6 nitrogen and oxygen atoms in total. The lowest BCUT2D eigenvalue weighted by Crippen LogP contribution is -2.48. The largest absolute Gasteiger partial charge is 0.496 e. The summed E-state index contributed by atoms with van der Waals surface area (Å²) in [5, 5.41) is 2.70. The van der Waals surface area contributed by atoms with E-state index in [1.54, 1.807) is 30.2 Å². The van der Waals surface area contributed by atoms with Crippen molar-refractivity contribution in [3.05, 3.63) is 29.3 Å². The van der Waals surface area contributed by atoms with Gasteiger partial charge in [-0.2, -0.15) is 0 Å². The number of carbonyl (C=O) groups is 3. The lowest BCUT2D eigenvalue weighted by molar-refractivity contribution is -0.134. The summed E-state index contributed by atoms with van der Waals surface area (Å²) < 4.78 is 5.23. The molecule has 0 aliphatic carbocycles. The van der Waals surface area contributed by atoms with Crippen LogP contribution in [0, 0.1) is 6.92 Å². The first kappa shape index (κ1) is 16.5. The van der Waals surface area contributed by atoms with Crippen molar-refractivity contribution >= 4 is 17.6 Å². The second-order valence-electron chi connectivity index (χ2n) is 6.40. The number of likely N-dealkylation sites (tertiary alicyclic amines) is 1. The highest BCUT2D eigenvalue weighted by Crippen LogP contribution is 2.26. The molecule has 2 saturated heterocycles. The number of carbonyl (C=O) groups excluding carboxylic acids is 3. The second kappa shape index (κ2) is 6.63. The summed E-state index contributed by atoms with van der Waals surface area (Å²) in [7, 11) is 1.59. The molecule has 128 valence electrons. The van der Waals surface area contributed by atoms with Gasteiger partial charge >= 0.3 is 0 Å². The van der Waals surface area contributed by atoms with E-state index in [2.05, 4.69) is 5.32 Å². The van der Waals surface area contributed by atoms with Crippen LogP contribution in [0.1, 0.15) is 41.6 Å². The van der Waals surface area contributed by atoms with Crippen LogP contribution in [-0.4, -0.2) is 48.2 Å². The highest BCUT2D eigenvalue weighted by Gasteiger charge is 2.39. The Morgan fingerprint density at radius 1 is 1.29 bits per heavy atom. The molecule has 0 radical (unpaired) electrons. The Kier molecular flexibility index (Phi) is 4.55. The third kappa shape index (κ3) is 3.00. The normalized spacial score (nSPS) is 23.2. The molecule has 0 saturated carbocycles. The lowest BCUT2D eigenvalue weighted by Gasteiger charge is -2.26. The third-order valence-corrected chi connectivity index (χ3v) is 4.81. The summed E-state index contributed by atoms with van der Waals surface area (Å²) in [4.78, 5) is 38.5. The zero-order chi connectivity index (χ0) is 17.3. The van der Waals surface area contributed by atoms with Gasteiger partial charge in [0, 0.05) is 18.5 Å². The van der Waals surface area contributed by atoms with Crippen molar-refractivity contribution in [1.29, 1.82) is 0 Å². The van der Waals surface area contributed by atoms with Crippen molar-refractivity contribution in [2.24, 2.45) is 0 Å². The maximum Gasteiger partial charge on any atom is 0.245 e. The zero-order valence-corrected chi connectivity index (χ0v) is 14.0. The molecule has 0 aromatic heterocycles. The number of hydrogen-bond donors (Lipinski definition) is 1. The predicted molar refractivity (Wildman–Crippen MR) is 88.0 cm³/mol. The Hall–Kier alpha value is -2.37. The summed E-state index contributed by atoms with van der Waals surface area (Å²) in [5.41, 5.74) is 1.48. The molecule has 1 aromatic carbocycles. The number of aryl methyl sites for hydroxylation is 1. The van der Waals surface area contributed by atoms with Gasteiger partial charge in [0.1, 0.15) is 11.8 Å². The van der Waals surface area contributed by atoms with E-state index < -0.39 is 12.1 Å². The van der Waals surface area contributed by atoms with E-state index in [0.29, 0.717) is 31.4 Å². The molecule has 1 aromatic rings. The van der Waals surface area contributed by atoms with Crippen LogP contribution in [0.15, 0.2) is 18.2 Å². The van der Waals surface area contributed by atoms with Crippen molar-refractivity contribution in [2.75, 3.05) is 13.7 Å². The van der Waals surface area contributed by atoms with E-state index in [4.69, 9.17) is 4.74 Å². The van der Waals surface area contributed by atoms with E-state index >= 15 is 0 Å². The summed E-state index contributed by atoms with van der Waals surface area (Å²) in [6.45, 7) is 2.46. The van der Waals surface area contributed by atoms with E-state index in [1.165, 1.54) is 0 Å². The zero-order valence-electron chi connectivity index (χ0n) is 14.0. The van der Waals surface area contributed by atoms with E-state index in [-0.39, 0.29) is 17.6 Å². The average Bonchev–Trinajstić information content (AvgIpc) is 3.22. The van der Waals surface area contributed by atoms with Gasteiger partial charge in [-0.3, -0.25) is 14.4 Å². The van der Waals surface area contributed by atoms with Gasteiger partial charge in [-0.15, -0.1) is 0 Å². The molecule has 0 spiro atoms. The molecule has 2 aliphatic rings. The van der Waals surface area contributed by atoms with Gasteiger partial charge in [0.15, 0.2) is 5.78 Å². The Bertz CT molecular complexity index is 686. The highest BCUT2D eigenvalue weighted by atomic mass is 16.5. The minimum atomic E-state index is -0.483. The maximum atomic E-state index is 12.9. The molecule has 2 amide bonds. The monoisotopic (exact) mass is 330 g/mol. The number of nitrogens with one attached hydrogen (secondary N) is 1. The van der Waals surface area contributed by atoms with Gasteiger partial charge in [-0.05, 0) is 49.9 Å². The Balaban J connectivity index is 1.77. The van der Waals surface area contributed by atoms with Gasteiger partial charge in [0.2, 0.25) is 11.8 Å². The lowest BCUT2D eigenvalue weighted by atomic mass is 9.99. The molecule has 0 bridgehead atoms. The quantitative estimate of drug-likeness (QED) is 0.848. The van der Waals surface area contributed by atoms with Crippen LogP contribution < -0.4 is 10.1 Å². The van der Waals surface area contributed by atoms with Crippen molar-refractivity contribution < 1.29 is 19.1 Å². The van der Waals surface area contributed by atoms with Gasteiger partial charge in [0.25, 0.3) is 0 Å². The molecule has 6 heteroatoms. The van der Waals surface area contributed by atoms with Crippen LogP contribution in [0.5, 0.6) is 5.75 Å². The fraction of sp³-hybridized carbons (Fsp3) is 0.500. The number of ketones is 1. The van der Waals surface area contributed by atoms with Gasteiger partial charge in [0.05, 0.1) is 13.2 Å². The van der Waals surface area contributed by atoms with Crippen molar-refractivity contribution in [1.82, 2.24) is 10.2 Å². The molecular weight excluding hydrogens is 308 g/mol. The Labute approximate surface area is 141 Å². The molecule has 2 heterocycles. The summed E-state index contributed by atoms with van der Waals surface area (Å²) in [5.74, 6) is 0.457. The third-order valence-electron chi connectivity index (χ3n) is 4.81. The van der Waals surface area contributed by atoms with Crippen molar-refractivity contribution in [2.45, 2.75) is 44.7 Å². The van der Waals surface area contributed by atoms with Gasteiger partial charge in [-0.1, -0.05) is 0 Å². The van der Waals surface area contributed by atoms with E-state index in [9.17, 15) is 14.4 Å². The van der Waals surface area contributed by atoms with Gasteiger partial charge in [-0.25, -0.2) is 0 Å². The smallest absolute Gasteiger partial charge is 0.245 e. The molecule has 2 unspecified atom stereocenters. The number of hydrogen-bond acceptors (Lipinski definition) is 4. The summed E-state index contributed by atoms with van der Waals surface area (Å²) in [6, 6.07) is 4.40. The molecule has 3 rings (SSSR count). The van der Waals surface area contributed by atoms with Crippen LogP contribution in [0.25, 0.3) is 0 Å². The first-order chi connectivity index (χ1) is 11.5. The molecule has 2 fully saturated rings. The summed E-state index contributed by atoms with van der Waals surface area (Å²) in [6.07, 6.45) is 2.35. The number of Topliss-reactive ketones (excluding diaryl/α,β-unsaturated/α-hetero) is 1. The van der Waals surface area contributed by atoms with Crippen LogP contribution in [0.4, 0.5) is 0 Å². The number of methoxy groups -OCH3 is 1. The molecule has 2 atom stereocenters. The number of benzene rings is 1. The average molecular weight is 330 g/mol. The minimum absolute atomic E-state index is 0.0454. The molecule has 1 N–H and O–H groups in total. The van der Waals surface area contributed by atoms with Crippen LogP contribution in [0.3, 0.4) is 0 Å². The van der Waals surface area contributed by atoms with Crippen LogP contribution in [0.2, 0.25) is 0 Å². The van der Waals surface area contributed by atoms with Crippen LogP contribution >= 0.6 is 0 Å². The van der Waals surface area contributed by atoms with Crippen molar-refractivity contribution in [3.63, 3.8) is 0 Å². The fourth-order valence-corrected chi connectivity index (χ4v) is 3.53. The number of amides is 2. The number of nitrogens with zero attached hydrogens (tertiary/aromatic N) is 1. The Morgan fingerprint density at radius 3 is 2.71 bits per heavy atom. The van der Waals surface area contributed by atoms with Crippen LogP contribution in [-0.2, 0) is 9.59 Å². The Morgan fingerprint density at radius 2 is 2.08 bits per heavy atom. The summed E-state index contributed by atoms with van der Waals surface area (Å²) >= 11 is 0.